The number of nitrogens with zero attached hydrogens (tertiary/aromatic N) is 2. The van der Waals surface area contributed by atoms with Crippen LogP contribution in [0.4, 0.5) is 5.69 Å². The lowest BCUT2D eigenvalue weighted by molar-refractivity contribution is -0.117. The van der Waals surface area contributed by atoms with Crippen molar-refractivity contribution < 1.29 is 14.7 Å². The molecule has 1 aliphatic rings. The minimum absolute atomic E-state index is 0.0198. The highest BCUT2D eigenvalue weighted by atomic mass is 16.4. The summed E-state index contributed by atoms with van der Waals surface area (Å²) in [6, 6.07) is 13.0. The van der Waals surface area contributed by atoms with Gasteiger partial charge in [0.1, 0.15) is 0 Å². The van der Waals surface area contributed by atoms with Gasteiger partial charge in [-0.05, 0) is 48.7 Å². The summed E-state index contributed by atoms with van der Waals surface area (Å²) in [5.41, 5.74) is 4.57. The van der Waals surface area contributed by atoms with Gasteiger partial charge in [-0.1, -0.05) is 24.3 Å². The number of aryl methyl sites for hydroxylation is 1. The zero-order chi connectivity index (χ0) is 20.1. The van der Waals surface area contributed by atoms with Gasteiger partial charge in [0, 0.05) is 38.4 Å². The topological polar surface area (TPSA) is 72.9 Å². The summed E-state index contributed by atoms with van der Waals surface area (Å²) in [6.07, 6.45) is 0. The number of hydrogen-bond donors (Lipinski definition) is 2. The zero-order valence-corrected chi connectivity index (χ0v) is 16.4. The Labute approximate surface area is 165 Å². The highest BCUT2D eigenvalue weighted by Crippen LogP contribution is 2.18. The Morgan fingerprint density at radius 1 is 0.964 bits per heavy atom. The van der Waals surface area contributed by atoms with Crippen LogP contribution in [0.2, 0.25) is 0 Å². The molecule has 0 atom stereocenters. The number of benzene rings is 2. The first-order valence-electron chi connectivity index (χ1n) is 9.55. The lowest BCUT2D eigenvalue weighted by Gasteiger charge is -2.34. The van der Waals surface area contributed by atoms with Crippen molar-refractivity contribution in [3.8, 4) is 0 Å². The summed E-state index contributed by atoms with van der Waals surface area (Å²) in [5, 5.41) is 12.0. The average Bonchev–Trinajstić information content (AvgIpc) is 2.67. The second-order valence-corrected chi connectivity index (χ2v) is 7.35. The van der Waals surface area contributed by atoms with E-state index in [1.165, 1.54) is 5.56 Å². The number of nitrogens with one attached hydrogen (secondary N) is 1. The predicted octanol–water partition coefficient (Wildman–Crippen LogP) is 2.76. The molecule has 0 bridgehead atoms. The van der Waals surface area contributed by atoms with Crippen molar-refractivity contribution in [2.75, 3.05) is 38.0 Å². The third-order valence-corrected chi connectivity index (χ3v) is 5.32. The van der Waals surface area contributed by atoms with E-state index in [0.29, 0.717) is 12.1 Å². The van der Waals surface area contributed by atoms with Gasteiger partial charge in [-0.15, -0.1) is 0 Å². The molecule has 2 aromatic carbocycles. The molecular weight excluding hydrogens is 354 g/mol. The van der Waals surface area contributed by atoms with E-state index in [0.717, 1.165) is 49.5 Å². The van der Waals surface area contributed by atoms with Crippen LogP contribution in [0.15, 0.2) is 42.5 Å². The lowest BCUT2D eigenvalue weighted by atomic mass is 10.1. The summed E-state index contributed by atoms with van der Waals surface area (Å²) in [4.78, 5) is 27.8. The van der Waals surface area contributed by atoms with E-state index in [1.54, 1.807) is 12.1 Å². The molecule has 1 aliphatic heterocycles. The third-order valence-electron chi connectivity index (χ3n) is 5.32. The normalized spacial score (nSPS) is 15.4. The SMILES string of the molecule is Cc1cccc(NC(=O)CN2CCN(Cc3ccc(C(=O)O)cc3)CC2)c1C. The Morgan fingerprint density at radius 2 is 1.61 bits per heavy atom. The number of anilines is 1. The van der Waals surface area contributed by atoms with Crippen molar-refractivity contribution in [3.63, 3.8) is 0 Å². The molecule has 1 fully saturated rings. The molecule has 1 saturated heterocycles. The van der Waals surface area contributed by atoms with E-state index in [1.807, 2.05) is 44.2 Å². The predicted molar refractivity (Wildman–Crippen MR) is 110 cm³/mol. The molecule has 0 aliphatic carbocycles. The molecule has 6 nitrogen and oxygen atoms in total. The molecule has 3 rings (SSSR count). The Balaban J connectivity index is 1.45. The Morgan fingerprint density at radius 3 is 2.25 bits per heavy atom. The first-order chi connectivity index (χ1) is 13.4. The summed E-state index contributed by atoms with van der Waals surface area (Å²) < 4.78 is 0. The van der Waals surface area contributed by atoms with Crippen molar-refractivity contribution in [2.45, 2.75) is 20.4 Å². The molecule has 148 valence electrons. The second-order valence-electron chi connectivity index (χ2n) is 7.35. The largest absolute Gasteiger partial charge is 0.478 e. The van der Waals surface area contributed by atoms with Crippen LogP contribution in [0, 0.1) is 13.8 Å². The Kier molecular flexibility index (Phi) is 6.44. The van der Waals surface area contributed by atoms with Crippen LogP contribution >= 0.6 is 0 Å². The van der Waals surface area contributed by atoms with Crippen molar-refractivity contribution in [2.24, 2.45) is 0 Å². The van der Waals surface area contributed by atoms with E-state index in [-0.39, 0.29) is 5.91 Å². The van der Waals surface area contributed by atoms with Crippen molar-refractivity contribution in [3.05, 3.63) is 64.7 Å². The van der Waals surface area contributed by atoms with Crippen LogP contribution in [0.25, 0.3) is 0 Å². The zero-order valence-electron chi connectivity index (χ0n) is 16.4. The van der Waals surface area contributed by atoms with Crippen LogP contribution < -0.4 is 5.32 Å². The summed E-state index contributed by atoms with van der Waals surface area (Å²) in [6.45, 7) is 8.71. The fourth-order valence-electron chi connectivity index (χ4n) is 3.40. The molecule has 0 saturated carbocycles. The van der Waals surface area contributed by atoms with Crippen LogP contribution in [-0.4, -0.2) is 59.5 Å². The van der Waals surface area contributed by atoms with E-state index in [2.05, 4.69) is 15.1 Å². The number of carboxylic acids is 1. The van der Waals surface area contributed by atoms with Gasteiger partial charge >= 0.3 is 5.97 Å². The van der Waals surface area contributed by atoms with E-state index in [4.69, 9.17) is 5.11 Å². The van der Waals surface area contributed by atoms with Crippen molar-refractivity contribution in [1.29, 1.82) is 0 Å². The second kappa shape index (κ2) is 8.99. The molecule has 0 spiro atoms. The third kappa shape index (κ3) is 5.18. The van der Waals surface area contributed by atoms with E-state index < -0.39 is 5.97 Å². The average molecular weight is 381 g/mol. The van der Waals surface area contributed by atoms with Gasteiger partial charge < -0.3 is 10.4 Å². The molecule has 0 aromatic heterocycles. The van der Waals surface area contributed by atoms with Crippen LogP contribution in [-0.2, 0) is 11.3 Å². The number of amides is 1. The number of hydrogen-bond acceptors (Lipinski definition) is 4. The molecule has 2 aromatic rings. The summed E-state index contributed by atoms with van der Waals surface area (Å²) >= 11 is 0. The van der Waals surface area contributed by atoms with Gasteiger partial charge in [0.15, 0.2) is 0 Å². The Hall–Kier alpha value is -2.70. The van der Waals surface area contributed by atoms with Crippen LogP contribution in [0.5, 0.6) is 0 Å². The Bertz CT molecular complexity index is 841. The summed E-state index contributed by atoms with van der Waals surface area (Å²) in [5.74, 6) is -0.884. The smallest absolute Gasteiger partial charge is 0.335 e. The van der Waals surface area contributed by atoms with Gasteiger partial charge in [-0.3, -0.25) is 14.6 Å². The van der Waals surface area contributed by atoms with E-state index >= 15 is 0 Å². The van der Waals surface area contributed by atoms with Gasteiger partial charge in [-0.25, -0.2) is 4.79 Å². The minimum atomic E-state index is -0.903. The maximum absolute atomic E-state index is 12.4. The van der Waals surface area contributed by atoms with Crippen LogP contribution in [0.3, 0.4) is 0 Å². The monoisotopic (exact) mass is 381 g/mol. The first kappa shape index (κ1) is 20.0. The molecule has 1 amide bonds. The van der Waals surface area contributed by atoms with Crippen LogP contribution in [0.1, 0.15) is 27.0 Å². The number of rotatable bonds is 6. The maximum Gasteiger partial charge on any atom is 0.335 e. The number of carbonyl (C=O) groups excluding carboxylic acids is 1. The highest BCUT2D eigenvalue weighted by Gasteiger charge is 2.19. The minimum Gasteiger partial charge on any atom is -0.478 e. The number of aromatic carboxylic acids is 1. The molecular formula is C22H27N3O3. The molecule has 2 N–H and O–H groups in total. The number of carboxylic acid groups (broad SMARTS) is 1. The molecule has 6 heteroatoms. The fourth-order valence-corrected chi connectivity index (χ4v) is 3.40. The maximum atomic E-state index is 12.4. The molecule has 0 radical (unpaired) electrons. The van der Waals surface area contributed by atoms with Gasteiger partial charge in [0.2, 0.25) is 5.91 Å². The van der Waals surface area contributed by atoms with Crippen molar-refractivity contribution >= 4 is 17.6 Å². The van der Waals surface area contributed by atoms with E-state index in [9.17, 15) is 9.59 Å². The standard InChI is InChI=1S/C22H27N3O3/c1-16-4-3-5-20(17(16)2)23-21(26)15-25-12-10-24(11-13-25)14-18-6-8-19(9-7-18)22(27)28/h3-9H,10-15H2,1-2H3,(H,23,26)(H,27,28). The molecule has 1 heterocycles. The number of carbonyl (C=O) groups is 2. The summed E-state index contributed by atoms with van der Waals surface area (Å²) in [7, 11) is 0. The molecule has 0 unspecified atom stereocenters. The van der Waals surface area contributed by atoms with Crippen molar-refractivity contribution in [1.82, 2.24) is 9.80 Å². The van der Waals surface area contributed by atoms with Gasteiger partial charge in [-0.2, -0.15) is 0 Å². The van der Waals surface area contributed by atoms with Gasteiger partial charge in [0.25, 0.3) is 0 Å². The number of piperazine rings is 1. The molecule has 28 heavy (non-hydrogen) atoms. The fraction of sp³-hybridized carbons (Fsp3) is 0.364. The lowest BCUT2D eigenvalue weighted by Crippen LogP contribution is -2.48. The van der Waals surface area contributed by atoms with Gasteiger partial charge in [0.05, 0.1) is 12.1 Å². The quantitative estimate of drug-likeness (QED) is 0.805. The first-order valence-corrected chi connectivity index (χ1v) is 9.55. The highest BCUT2D eigenvalue weighted by molar-refractivity contribution is 5.93.